The summed E-state index contributed by atoms with van der Waals surface area (Å²) in [6, 6.07) is 3.79. The maximum atomic E-state index is 12.7. The van der Waals surface area contributed by atoms with Gasteiger partial charge in [-0.2, -0.15) is 17.5 Å². The zero-order valence-corrected chi connectivity index (χ0v) is 12.1. The predicted molar refractivity (Wildman–Crippen MR) is 71.3 cm³/mol. The van der Waals surface area contributed by atoms with E-state index in [9.17, 15) is 21.6 Å². The average molecular weight is 331 g/mol. The first kappa shape index (κ1) is 15.0. The van der Waals surface area contributed by atoms with Crippen LogP contribution in [0.25, 0.3) is 0 Å². The Balaban J connectivity index is 1.94. The lowest BCUT2D eigenvalue weighted by Gasteiger charge is -2.25. The van der Waals surface area contributed by atoms with Crippen molar-refractivity contribution in [1.29, 1.82) is 0 Å². The topological polar surface area (TPSA) is 66.1 Å². The second-order valence-corrected chi connectivity index (χ2v) is 6.88. The van der Waals surface area contributed by atoms with Gasteiger partial charge >= 0.3 is 6.18 Å². The van der Waals surface area contributed by atoms with Crippen molar-refractivity contribution in [2.75, 3.05) is 6.54 Å². The third kappa shape index (κ3) is 2.61. The third-order valence-corrected chi connectivity index (χ3v) is 5.38. The number of aromatic amines is 1. The van der Waals surface area contributed by atoms with E-state index < -0.39 is 21.8 Å². The molecule has 22 heavy (non-hydrogen) atoms. The fourth-order valence-electron chi connectivity index (χ4n) is 2.37. The molecule has 2 aromatic rings. The molecule has 0 fully saturated rings. The van der Waals surface area contributed by atoms with Crippen LogP contribution in [0.2, 0.25) is 0 Å². The molecule has 2 heterocycles. The molecule has 1 aromatic carbocycles. The zero-order chi connectivity index (χ0) is 16.0. The van der Waals surface area contributed by atoms with E-state index in [1.54, 1.807) is 0 Å². The van der Waals surface area contributed by atoms with E-state index in [4.69, 9.17) is 0 Å². The Morgan fingerprint density at radius 1 is 1.27 bits per heavy atom. The van der Waals surface area contributed by atoms with Crippen LogP contribution in [-0.2, 0) is 29.2 Å². The number of hydrogen-bond acceptors (Lipinski definition) is 3. The molecule has 0 amide bonds. The summed E-state index contributed by atoms with van der Waals surface area (Å²) in [5, 5.41) is 0. The van der Waals surface area contributed by atoms with Crippen molar-refractivity contribution in [3.63, 3.8) is 0 Å². The summed E-state index contributed by atoms with van der Waals surface area (Å²) in [5.41, 5.74) is 0.477. The summed E-state index contributed by atoms with van der Waals surface area (Å²) in [7, 11) is -3.98. The van der Waals surface area contributed by atoms with Gasteiger partial charge in [-0.3, -0.25) is 0 Å². The summed E-state index contributed by atoms with van der Waals surface area (Å²) in [4.78, 5) is 6.56. The fourth-order valence-corrected chi connectivity index (χ4v) is 3.83. The van der Waals surface area contributed by atoms with Crippen molar-refractivity contribution in [3.8, 4) is 0 Å². The number of sulfonamides is 1. The number of nitrogens with zero attached hydrogens (tertiary/aromatic N) is 2. The molecule has 3 rings (SSSR count). The quantitative estimate of drug-likeness (QED) is 0.917. The average Bonchev–Trinajstić information content (AvgIpc) is 2.94. The molecule has 0 saturated heterocycles. The Labute approximate surface area is 124 Å². The smallest absolute Gasteiger partial charge is 0.347 e. The summed E-state index contributed by atoms with van der Waals surface area (Å²) in [5.74, 6) is 0. The molecule has 1 N–H and O–H groups in total. The van der Waals surface area contributed by atoms with Gasteiger partial charge in [0.1, 0.15) is 0 Å². The van der Waals surface area contributed by atoms with Crippen LogP contribution in [0.3, 0.4) is 0 Å². The van der Waals surface area contributed by atoms with Gasteiger partial charge in [0.25, 0.3) is 0 Å². The van der Waals surface area contributed by atoms with Crippen LogP contribution in [0.5, 0.6) is 0 Å². The first-order chi connectivity index (χ1) is 10.3. The minimum absolute atomic E-state index is 0.0773. The highest BCUT2D eigenvalue weighted by Crippen LogP contribution is 2.31. The van der Waals surface area contributed by atoms with Gasteiger partial charge in [-0.1, -0.05) is 6.07 Å². The summed E-state index contributed by atoms with van der Waals surface area (Å²) in [6.07, 6.45) is -2.67. The molecule has 5 nitrogen and oxygen atoms in total. The van der Waals surface area contributed by atoms with Crippen molar-refractivity contribution < 1.29 is 21.6 Å². The van der Waals surface area contributed by atoms with Crippen LogP contribution >= 0.6 is 0 Å². The Hall–Kier alpha value is -1.87. The van der Waals surface area contributed by atoms with E-state index in [1.807, 2.05) is 0 Å². The van der Waals surface area contributed by atoms with Gasteiger partial charge in [-0.15, -0.1) is 0 Å². The molecular formula is C13H12F3N3O2S. The van der Waals surface area contributed by atoms with E-state index >= 15 is 0 Å². The monoisotopic (exact) mass is 331 g/mol. The van der Waals surface area contributed by atoms with Gasteiger partial charge in [0.15, 0.2) is 0 Å². The van der Waals surface area contributed by atoms with E-state index in [0.29, 0.717) is 18.2 Å². The zero-order valence-electron chi connectivity index (χ0n) is 11.3. The predicted octanol–water partition coefficient (Wildman–Crippen LogP) is 2.18. The summed E-state index contributed by atoms with van der Waals surface area (Å²) in [6.45, 7) is 0.268. The van der Waals surface area contributed by atoms with Crippen LogP contribution in [0.1, 0.15) is 17.0 Å². The molecule has 1 aromatic heterocycles. The molecule has 0 bridgehead atoms. The molecule has 0 saturated carbocycles. The lowest BCUT2D eigenvalue weighted by atomic mass is 10.2. The Kier molecular flexibility index (Phi) is 3.48. The third-order valence-electron chi connectivity index (χ3n) is 3.54. The first-order valence-corrected chi connectivity index (χ1v) is 7.91. The number of nitrogens with one attached hydrogen (secondary N) is 1. The molecule has 0 atom stereocenters. The Morgan fingerprint density at radius 2 is 2.05 bits per heavy atom. The van der Waals surface area contributed by atoms with Gasteiger partial charge in [-0.05, 0) is 18.2 Å². The number of alkyl halides is 3. The Bertz CT molecular complexity index is 799. The highest BCUT2D eigenvalue weighted by atomic mass is 32.2. The highest BCUT2D eigenvalue weighted by Gasteiger charge is 2.34. The largest absolute Gasteiger partial charge is 0.416 e. The second kappa shape index (κ2) is 5.10. The number of rotatable bonds is 2. The molecule has 0 unspecified atom stereocenters. The van der Waals surface area contributed by atoms with E-state index in [-0.39, 0.29) is 18.0 Å². The van der Waals surface area contributed by atoms with Gasteiger partial charge < -0.3 is 4.98 Å². The standard InChI is InChI=1S/C13H12F3N3O2S/c14-13(15,16)9-2-1-3-10(6-9)22(20,21)19-5-4-11-12(7-19)18-8-17-11/h1-3,6,8H,4-5,7H2,(H,17,18). The number of benzene rings is 1. The van der Waals surface area contributed by atoms with E-state index in [0.717, 1.165) is 22.1 Å². The molecule has 1 aliphatic heterocycles. The van der Waals surface area contributed by atoms with Gasteiger partial charge in [-0.25, -0.2) is 13.4 Å². The summed E-state index contributed by atoms with van der Waals surface area (Å²) < 4.78 is 64.4. The molecule has 9 heteroatoms. The van der Waals surface area contributed by atoms with Gasteiger partial charge in [0.05, 0.1) is 34.7 Å². The Morgan fingerprint density at radius 3 is 2.77 bits per heavy atom. The minimum atomic E-state index is -4.58. The lowest BCUT2D eigenvalue weighted by molar-refractivity contribution is -0.137. The normalized spacial score (nSPS) is 16.5. The van der Waals surface area contributed by atoms with Crippen molar-refractivity contribution >= 4 is 10.0 Å². The van der Waals surface area contributed by atoms with E-state index in [2.05, 4.69) is 9.97 Å². The second-order valence-electron chi connectivity index (χ2n) is 4.94. The van der Waals surface area contributed by atoms with Crippen molar-refractivity contribution in [1.82, 2.24) is 14.3 Å². The first-order valence-electron chi connectivity index (χ1n) is 6.47. The number of imidazole rings is 1. The lowest BCUT2D eigenvalue weighted by Crippen LogP contribution is -2.36. The van der Waals surface area contributed by atoms with Crippen molar-refractivity contribution in [3.05, 3.63) is 47.5 Å². The van der Waals surface area contributed by atoms with Crippen LogP contribution in [-0.4, -0.2) is 29.2 Å². The number of H-pyrrole nitrogens is 1. The maximum absolute atomic E-state index is 12.7. The minimum Gasteiger partial charge on any atom is -0.347 e. The fraction of sp³-hybridized carbons (Fsp3) is 0.308. The van der Waals surface area contributed by atoms with E-state index in [1.165, 1.54) is 12.4 Å². The molecule has 0 radical (unpaired) electrons. The maximum Gasteiger partial charge on any atom is 0.416 e. The number of halogens is 3. The van der Waals surface area contributed by atoms with Crippen LogP contribution in [0, 0.1) is 0 Å². The molecule has 0 spiro atoms. The van der Waals surface area contributed by atoms with Crippen molar-refractivity contribution in [2.24, 2.45) is 0 Å². The SMILES string of the molecule is O=S(=O)(c1cccc(C(F)(F)F)c1)N1CCc2nc[nH]c2C1. The molecule has 118 valence electrons. The van der Waals surface area contributed by atoms with Crippen molar-refractivity contribution in [2.45, 2.75) is 24.0 Å². The number of hydrogen-bond donors (Lipinski definition) is 1. The summed E-state index contributed by atoms with van der Waals surface area (Å²) >= 11 is 0. The highest BCUT2D eigenvalue weighted by molar-refractivity contribution is 7.89. The van der Waals surface area contributed by atoms with Gasteiger partial charge in [0, 0.05) is 13.0 Å². The van der Waals surface area contributed by atoms with Gasteiger partial charge in [0.2, 0.25) is 10.0 Å². The molecule has 1 aliphatic rings. The number of fused-ring (bicyclic) bond motifs is 1. The molecular weight excluding hydrogens is 319 g/mol. The number of aromatic nitrogens is 2. The van der Waals surface area contributed by atoms with Crippen LogP contribution in [0.4, 0.5) is 13.2 Å². The van der Waals surface area contributed by atoms with Crippen LogP contribution < -0.4 is 0 Å². The molecule has 0 aliphatic carbocycles. The van der Waals surface area contributed by atoms with Crippen LogP contribution in [0.15, 0.2) is 35.5 Å².